The number of benzene rings is 2. The SMILES string of the molecule is Nc1ccc(Nc2ccccc2C(=O)O)cc1. The van der Waals surface area contributed by atoms with Crippen molar-refractivity contribution in [3.8, 4) is 0 Å². The van der Waals surface area contributed by atoms with Gasteiger partial charge >= 0.3 is 5.97 Å². The molecule has 2 aromatic rings. The smallest absolute Gasteiger partial charge is 0.337 e. The van der Waals surface area contributed by atoms with Crippen molar-refractivity contribution in [1.82, 2.24) is 0 Å². The van der Waals surface area contributed by atoms with Gasteiger partial charge in [-0.05, 0) is 36.4 Å². The van der Waals surface area contributed by atoms with Gasteiger partial charge in [0.2, 0.25) is 0 Å². The van der Waals surface area contributed by atoms with E-state index in [-0.39, 0.29) is 5.56 Å². The van der Waals surface area contributed by atoms with Gasteiger partial charge in [0.05, 0.1) is 11.3 Å². The number of carbonyl (C=O) groups is 1. The molecule has 17 heavy (non-hydrogen) atoms. The Balaban J connectivity index is 2.30. The van der Waals surface area contributed by atoms with Gasteiger partial charge in [0.1, 0.15) is 0 Å². The number of aromatic carboxylic acids is 1. The van der Waals surface area contributed by atoms with Crippen LogP contribution in [-0.2, 0) is 0 Å². The van der Waals surface area contributed by atoms with Crippen molar-refractivity contribution in [2.45, 2.75) is 0 Å². The topological polar surface area (TPSA) is 75.3 Å². The van der Waals surface area contributed by atoms with Crippen LogP contribution in [0.2, 0.25) is 0 Å². The summed E-state index contributed by atoms with van der Waals surface area (Å²) >= 11 is 0. The van der Waals surface area contributed by atoms with E-state index in [0.29, 0.717) is 11.4 Å². The average molecular weight is 228 g/mol. The molecule has 4 nitrogen and oxygen atoms in total. The van der Waals surface area contributed by atoms with Crippen molar-refractivity contribution in [3.05, 3.63) is 54.1 Å². The first-order valence-electron chi connectivity index (χ1n) is 5.12. The van der Waals surface area contributed by atoms with Crippen molar-refractivity contribution in [1.29, 1.82) is 0 Å². The lowest BCUT2D eigenvalue weighted by molar-refractivity contribution is 0.0698. The predicted molar refractivity (Wildman–Crippen MR) is 67.5 cm³/mol. The minimum absolute atomic E-state index is 0.240. The van der Waals surface area contributed by atoms with Crippen LogP contribution >= 0.6 is 0 Å². The second kappa shape index (κ2) is 4.57. The molecule has 0 spiro atoms. The van der Waals surface area contributed by atoms with Gasteiger partial charge in [-0.25, -0.2) is 4.79 Å². The number of nitrogens with one attached hydrogen (secondary N) is 1. The maximum Gasteiger partial charge on any atom is 0.337 e. The van der Waals surface area contributed by atoms with Gasteiger partial charge in [0.15, 0.2) is 0 Å². The first-order valence-corrected chi connectivity index (χ1v) is 5.12. The molecule has 0 heterocycles. The van der Waals surface area contributed by atoms with E-state index in [0.717, 1.165) is 5.69 Å². The Kier molecular flexibility index (Phi) is 2.96. The van der Waals surface area contributed by atoms with E-state index in [1.165, 1.54) is 0 Å². The lowest BCUT2D eigenvalue weighted by Gasteiger charge is -2.09. The molecule has 0 radical (unpaired) electrons. The molecular formula is C13H12N2O2. The van der Waals surface area contributed by atoms with Gasteiger partial charge in [-0.1, -0.05) is 12.1 Å². The third kappa shape index (κ3) is 2.55. The highest BCUT2D eigenvalue weighted by Gasteiger charge is 2.08. The number of nitrogen functional groups attached to an aromatic ring is 1. The summed E-state index contributed by atoms with van der Waals surface area (Å²) in [7, 11) is 0. The Hall–Kier alpha value is -2.49. The van der Waals surface area contributed by atoms with Gasteiger partial charge in [-0.2, -0.15) is 0 Å². The molecular weight excluding hydrogens is 216 g/mol. The van der Waals surface area contributed by atoms with Crippen molar-refractivity contribution in [3.63, 3.8) is 0 Å². The lowest BCUT2D eigenvalue weighted by atomic mass is 10.1. The van der Waals surface area contributed by atoms with E-state index in [4.69, 9.17) is 10.8 Å². The van der Waals surface area contributed by atoms with Crippen molar-refractivity contribution in [2.24, 2.45) is 0 Å². The molecule has 0 bridgehead atoms. The highest BCUT2D eigenvalue weighted by Crippen LogP contribution is 2.21. The first kappa shape index (κ1) is 11.0. The molecule has 0 unspecified atom stereocenters. The Labute approximate surface area is 98.7 Å². The second-order valence-electron chi connectivity index (χ2n) is 3.60. The molecule has 2 aromatic carbocycles. The van der Waals surface area contributed by atoms with Crippen LogP contribution in [0.4, 0.5) is 17.1 Å². The van der Waals surface area contributed by atoms with Crippen molar-refractivity contribution < 1.29 is 9.90 Å². The second-order valence-corrected chi connectivity index (χ2v) is 3.60. The Bertz CT molecular complexity index is 535. The standard InChI is InChI=1S/C13H12N2O2/c14-9-5-7-10(8-6-9)15-12-4-2-1-3-11(12)13(16)17/h1-8,15H,14H2,(H,16,17). The normalized spacial score (nSPS) is 9.88. The van der Waals surface area contributed by atoms with Crippen molar-refractivity contribution >= 4 is 23.0 Å². The molecule has 0 amide bonds. The quantitative estimate of drug-likeness (QED) is 0.706. The highest BCUT2D eigenvalue weighted by atomic mass is 16.4. The summed E-state index contributed by atoms with van der Waals surface area (Å²) < 4.78 is 0. The number of nitrogens with two attached hydrogens (primary N) is 1. The Morgan fingerprint density at radius 3 is 2.35 bits per heavy atom. The van der Waals surface area contributed by atoms with Crippen LogP contribution in [0.5, 0.6) is 0 Å². The van der Waals surface area contributed by atoms with Gasteiger partial charge in [-0.15, -0.1) is 0 Å². The van der Waals surface area contributed by atoms with Crippen LogP contribution in [0.1, 0.15) is 10.4 Å². The van der Waals surface area contributed by atoms with Crippen LogP contribution in [0.25, 0.3) is 0 Å². The minimum Gasteiger partial charge on any atom is -0.478 e. The van der Waals surface area contributed by atoms with E-state index in [2.05, 4.69) is 5.32 Å². The maximum absolute atomic E-state index is 11.0. The fraction of sp³-hybridized carbons (Fsp3) is 0. The summed E-state index contributed by atoms with van der Waals surface area (Å²) in [4.78, 5) is 11.0. The van der Waals surface area contributed by atoms with Gasteiger partial charge in [0, 0.05) is 11.4 Å². The third-order valence-electron chi connectivity index (χ3n) is 2.35. The number of hydrogen-bond donors (Lipinski definition) is 3. The zero-order chi connectivity index (χ0) is 12.3. The van der Waals surface area contributed by atoms with Gasteiger partial charge in [0.25, 0.3) is 0 Å². The summed E-state index contributed by atoms with van der Waals surface area (Å²) in [6.07, 6.45) is 0. The first-order chi connectivity index (χ1) is 8.16. The van der Waals surface area contributed by atoms with E-state index >= 15 is 0 Å². The predicted octanol–water partition coefficient (Wildman–Crippen LogP) is 2.71. The van der Waals surface area contributed by atoms with Crippen LogP contribution in [0, 0.1) is 0 Å². The summed E-state index contributed by atoms with van der Waals surface area (Å²) in [6, 6.07) is 13.9. The van der Waals surface area contributed by atoms with Crippen LogP contribution in [0.15, 0.2) is 48.5 Å². The summed E-state index contributed by atoms with van der Waals surface area (Å²) in [5, 5.41) is 12.1. The molecule has 0 atom stereocenters. The number of carboxylic acid groups (broad SMARTS) is 1. The fourth-order valence-electron chi connectivity index (χ4n) is 1.50. The monoisotopic (exact) mass is 228 g/mol. The van der Waals surface area contributed by atoms with Crippen LogP contribution in [0.3, 0.4) is 0 Å². The Morgan fingerprint density at radius 2 is 1.71 bits per heavy atom. The number of rotatable bonds is 3. The molecule has 4 heteroatoms. The number of hydrogen-bond acceptors (Lipinski definition) is 3. The fourth-order valence-corrected chi connectivity index (χ4v) is 1.50. The maximum atomic E-state index is 11.0. The van der Waals surface area contributed by atoms with E-state index in [1.54, 1.807) is 48.5 Å². The summed E-state index contributed by atoms with van der Waals surface area (Å²) in [5.74, 6) is -0.955. The van der Waals surface area contributed by atoms with Gasteiger partial charge in [-0.3, -0.25) is 0 Å². The molecule has 0 aromatic heterocycles. The zero-order valence-electron chi connectivity index (χ0n) is 9.05. The average Bonchev–Trinajstić information content (AvgIpc) is 2.32. The zero-order valence-corrected chi connectivity index (χ0v) is 9.05. The van der Waals surface area contributed by atoms with Crippen LogP contribution in [-0.4, -0.2) is 11.1 Å². The molecule has 0 saturated carbocycles. The number of para-hydroxylation sites is 1. The van der Waals surface area contributed by atoms with E-state index < -0.39 is 5.97 Å². The highest BCUT2D eigenvalue weighted by molar-refractivity contribution is 5.95. The van der Waals surface area contributed by atoms with Crippen molar-refractivity contribution in [2.75, 3.05) is 11.1 Å². The largest absolute Gasteiger partial charge is 0.478 e. The Morgan fingerprint density at radius 1 is 1.06 bits per heavy atom. The number of carboxylic acids is 1. The van der Waals surface area contributed by atoms with E-state index in [9.17, 15) is 4.79 Å². The lowest BCUT2D eigenvalue weighted by Crippen LogP contribution is -2.02. The molecule has 0 fully saturated rings. The molecule has 0 aliphatic rings. The summed E-state index contributed by atoms with van der Waals surface area (Å²) in [5.41, 5.74) is 7.84. The molecule has 0 aliphatic heterocycles. The molecule has 4 N–H and O–H groups in total. The molecule has 0 saturated heterocycles. The summed E-state index contributed by atoms with van der Waals surface area (Å²) in [6.45, 7) is 0. The molecule has 0 aliphatic carbocycles. The molecule has 2 rings (SSSR count). The number of anilines is 3. The van der Waals surface area contributed by atoms with Crippen LogP contribution < -0.4 is 11.1 Å². The van der Waals surface area contributed by atoms with E-state index in [1.807, 2.05) is 0 Å². The molecule has 86 valence electrons. The van der Waals surface area contributed by atoms with Gasteiger partial charge < -0.3 is 16.2 Å². The third-order valence-corrected chi connectivity index (χ3v) is 2.35. The minimum atomic E-state index is -0.955.